The van der Waals surface area contributed by atoms with Crippen LogP contribution in [0.5, 0.6) is 5.75 Å². The molecule has 5 heteroatoms. The SMILES string of the molecule is CCOc1ccc(/C(C)=N\NC(=S)NC(C)C)cc1. The van der Waals surface area contributed by atoms with Gasteiger partial charge in [-0.15, -0.1) is 0 Å². The predicted molar refractivity (Wildman–Crippen MR) is 83.8 cm³/mol. The number of benzene rings is 1. The summed E-state index contributed by atoms with van der Waals surface area (Å²) in [5.41, 5.74) is 4.73. The second kappa shape index (κ2) is 7.74. The van der Waals surface area contributed by atoms with Crippen LogP contribution in [-0.2, 0) is 0 Å². The third kappa shape index (κ3) is 5.70. The Hall–Kier alpha value is -1.62. The molecule has 1 aromatic rings. The highest BCUT2D eigenvalue weighted by Crippen LogP contribution is 2.12. The first-order valence-corrected chi connectivity index (χ1v) is 6.77. The Balaban J connectivity index is 2.61. The summed E-state index contributed by atoms with van der Waals surface area (Å²) >= 11 is 5.10. The molecule has 2 N–H and O–H groups in total. The van der Waals surface area contributed by atoms with Crippen molar-refractivity contribution in [2.24, 2.45) is 5.10 Å². The average Bonchev–Trinajstić information content (AvgIpc) is 2.36. The van der Waals surface area contributed by atoms with Crippen LogP contribution in [0.2, 0.25) is 0 Å². The van der Waals surface area contributed by atoms with E-state index in [9.17, 15) is 0 Å². The summed E-state index contributed by atoms with van der Waals surface area (Å²) in [5, 5.41) is 7.84. The first-order valence-electron chi connectivity index (χ1n) is 6.37. The smallest absolute Gasteiger partial charge is 0.187 e. The number of hydrogen-bond acceptors (Lipinski definition) is 3. The van der Waals surface area contributed by atoms with Crippen LogP contribution in [0.3, 0.4) is 0 Å². The molecule has 1 aromatic carbocycles. The van der Waals surface area contributed by atoms with Gasteiger partial charge >= 0.3 is 0 Å². The number of hydrazone groups is 1. The topological polar surface area (TPSA) is 45.6 Å². The molecule has 0 atom stereocenters. The summed E-state index contributed by atoms with van der Waals surface area (Å²) in [4.78, 5) is 0. The van der Waals surface area contributed by atoms with E-state index in [0.29, 0.717) is 17.8 Å². The Morgan fingerprint density at radius 2 is 1.95 bits per heavy atom. The van der Waals surface area contributed by atoms with E-state index in [1.807, 2.05) is 52.0 Å². The van der Waals surface area contributed by atoms with Gasteiger partial charge in [0.1, 0.15) is 5.75 Å². The molecule has 0 saturated heterocycles. The normalized spacial score (nSPS) is 11.3. The fraction of sp³-hybridized carbons (Fsp3) is 0.429. The summed E-state index contributed by atoms with van der Waals surface area (Å²) in [6.07, 6.45) is 0. The van der Waals surface area contributed by atoms with E-state index in [1.54, 1.807) is 0 Å². The van der Waals surface area contributed by atoms with Crippen LogP contribution in [0.1, 0.15) is 33.3 Å². The predicted octanol–water partition coefficient (Wildman–Crippen LogP) is 2.68. The Kier molecular flexibility index (Phi) is 6.29. The largest absolute Gasteiger partial charge is 0.494 e. The molecule has 0 spiro atoms. The molecule has 0 aromatic heterocycles. The summed E-state index contributed by atoms with van der Waals surface area (Å²) in [6.45, 7) is 8.62. The van der Waals surface area contributed by atoms with Gasteiger partial charge < -0.3 is 10.1 Å². The van der Waals surface area contributed by atoms with Crippen molar-refractivity contribution < 1.29 is 4.74 Å². The lowest BCUT2D eigenvalue weighted by molar-refractivity contribution is 0.340. The molecule has 0 bridgehead atoms. The summed E-state index contributed by atoms with van der Waals surface area (Å²) in [5.74, 6) is 0.865. The van der Waals surface area contributed by atoms with Crippen molar-refractivity contribution >= 4 is 23.0 Å². The second-order valence-corrected chi connectivity index (χ2v) is 4.80. The van der Waals surface area contributed by atoms with E-state index in [1.165, 1.54) is 0 Å². The third-order valence-corrected chi connectivity index (χ3v) is 2.54. The van der Waals surface area contributed by atoms with Gasteiger partial charge in [-0.2, -0.15) is 5.10 Å². The van der Waals surface area contributed by atoms with Gasteiger partial charge in [-0.3, -0.25) is 5.43 Å². The minimum absolute atomic E-state index is 0.293. The van der Waals surface area contributed by atoms with Gasteiger partial charge in [-0.25, -0.2) is 0 Å². The standard InChI is InChI=1S/C14H21N3OS/c1-5-18-13-8-6-12(7-9-13)11(4)16-17-14(19)15-10(2)3/h6-10H,5H2,1-4H3,(H2,15,17,19)/b16-11-. The highest BCUT2D eigenvalue weighted by molar-refractivity contribution is 7.80. The molecule has 0 aliphatic heterocycles. The van der Waals surface area contributed by atoms with E-state index in [0.717, 1.165) is 17.0 Å². The van der Waals surface area contributed by atoms with Crippen molar-refractivity contribution in [1.82, 2.24) is 10.7 Å². The molecular formula is C14H21N3OS. The van der Waals surface area contributed by atoms with Crippen molar-refractivity contribution in [2.75, 3.05) is 6.61 Å². The molecule has 0 fully saturated rings. The molecule has 0 unspecified atom stereocenters. The Labute approximate surface area is 120 Å². The summed E-state index contributed by atoms with van der Waals surface area (Å²) < 4.78 is 5.40. The monoisotopic (exact) mass is 279 g/mol. The number of nitrogens with one attached hydrogen (secondary N) is 2. The summed E-state index contributed by atoms with van der Waals surface area (Å²) in [7, 11) is 0. The average molecular weight is 279 g/mol. The highest BCUT2D eigenvalue weighted by atomic mass is 32.1. The highest BCUT2D eigenvalue weighted by Gasteiger charge is 2.00. The van der Waals surface area contributed by atoms with Gasteiger partial charge in [0, 0.05) is 6.04 Å². The van der Waals surface area contributed by atoms with E-state index in [4.69, 9.17) is 17.0 Å². The van der Waals surface area contributed by atoms with Crippen LogP contribution < -0.4 is 15.5 Å². The van der Waals surface area contributed by atoms with E-state index in [-0.39, 0.29) is 0 Å². The maximum atomic E-state index is 5.40. The van der Waals surface area contributed by atoms with Crippen molar-refractivity contribution in [3.05, 3.63) is 29.8 Å². The summed E-state index contributed by atoms with van der Waals surface area (Å²) in [6, 6.07) is 8.11. The number of nitrogens with zero attached hydrogens (tertiary/aromatic N) is 1. The number of rotatable bonds is 5. The lowest BCUT2D eigenvalue weighted by atomic mass is 10.1. The fourth-order valence-corrected chi connectivity index (χ4v) is 1.73. The molecule has 0 radical (unpaired) electrons. The maximum absolute atomic E-state index is 5.40. The van der Waals surface area contributed by atoms with Gasteiger partial charge in [0.15, 0.2) is 5.11 Å². The lowest BCUT2D eigenvalue weighted by Crippen LogP contribution is -2.37. The Morgan fingerprint density at radius 1 is 1.32 bits per heavy atom. The maximum Gasteiger partial charge on any atom is 0.187 e. The molecule has 1 rings (SSSR count). The fourth-order valence-electron chi connectivity index (χ4n) is 1.45. The molecule has 0 saturated carbocycles. The van der Waals surface area contributed by atoms with E-state index < -0.39 is 0 Å². The van der Waals surface area contributed by atoms with Gasteiger partial charge in [-0.05, 0) is 69.7 Å². The van der Waals surface area contributed by atoms with Crippen molar-refractivity contribution in [3.63, 3.8) is 0 Å². The molecule has 0 heterocycles. The first-order chi connectivity index (χ1) is 9.02. The zero-order valence-corrected chi connectivity index (χ0v) is 12.7. The zero-order valence-electron chi connectivity index (χ0n) is 11.9. The van der Waals surface area contributed by atoms with Crippen LogP contribution >= 0.6 is 12.2 Å². The third-order valence-electron chi connectivity index (χ3n) is 2.33. The lowest BCUT2D eigenvalue weighted by Gasteiger charge is -2.10. The number of thiocarbonyl (C=S) groups is 1. The molecule has 0 aliphatic carbocycles. The first kappa shape index (κ1) is 15.4. The van der Waals surface area contributed by atoms with Crippen LogP contribution in [0.15, 0.2) is 29.4 Å². The molecular weight excluding hydrogens is 258 g/mol. The Bertz CT molecular complexity index is 441. The quantitative estimate of drug-likeness (QED) is 0.494. The minimum atomic E-state index is 0.293. The van der Waals surface area contributed by atoms with Gasteiger partial charge in [-0.1, -0.05) is 0 Å². The van der Waals surface area contributed by atoms with Crippen molar-refractivity contribution in [3.8, 4) is 5.75 Å². The van der Waals surface area contributed by atoms with Crippen LogP contribution in [0.25, 0.3) is 0 Å². The van der Waals surface area contributed by atoms with E-state index >= 15 is 0 Å². The minimum Gasteiger partial charge on any atom is -0.494 e. The Morgan fingerprint density at radius 3 is 2.47 bits per heavy atom. The van der Waals surface area contributed by atoms with E-state index in [2.05, 4.69) is 15.8 Å². The number of ether oxygens (including phenoxy) is 1. The van der Waals surface area contributed by atoms with Crippen LogP contribution in [0, 0.1) is 0 Å². The van der Waals surface area contributed by atoms with Crippen LogP contribution in [0.4, 0.5) is 0 Å². The second-order valence-electron chi connectivity index (χ2n) is 4.39. The number of hydrogen-bond donors (Lipinski definition) is 2. The molecule has 0 amide bonds. The van der Waals surface area contributed by atoms with Crippen molar-refractivity contribution in [2.45, 2.75) is 33.7 Å². The zero-order chi connectivity index (χ0) is 14.3. The molecule has 4 nitrogen and oxygen atoms in total. The van der Waals surface area contributed by atoms with Gasteiger partial charge in [0.05, 0.1) is 12.3 Å². The van der Waals surface area contributed by atoms with Gasteiger partial charge in [0.25, 0.3) is 0 Å². The van der Waals surface area contributed by atoms with Crippen LogP contribution in [-0.4, -0.2) is 23.5 Å². The molecule has 19 heavy (non-hydrogen) atoms. The molecule has 104 valence electrons. The van der Waals surface area contributed by atoms with Gasteiger partial charge in [0.2, 0.25) is 0 Å². The van der Waals surface area contributed by atoms with Crippen molar-refractivity contribution in [1.29, 1.82) is 0 Å². The molecule has 0 aliphatic rings.